The summed E-state index contributed by atoms with van der Waals surface area (Å²) in [4.78, 5) is 3.47. The number of aromatic amines is 1. The van der Waals surface area contributed by atoms with Gasteiger partial charge in [-0.2, -0.15) is 0 Å². The number of halogens is 1. The SMILES string of the molecule is COc1ccc2[nH]c(-c3ccc(F)cc3)c(-c3ccccc3)c2c1. The number of fused-ring (bicyclic) bond motifs is 1. The molecule has 1 aromatic heterocycles. The monoisotopic (exact) mass is 317 g/mol. The zero-order chi connectivity index (χ0) is 16.5. The number of H-pyrrole nitrogens is 1. The van der Waals surface area contributed by atoms with E-state index in [1.165, 1.54) is 12.1 Å². The van der Waals surface area contributed by atoms with Gasteiger partial charge in [0.2, 0.25) is 0 Å². The number of rotatable bonds is 3. The van der Waals surface area contributed by atoms with Crippen LogP contribution in [-0.4, -0.2) is 12.1 Å². The minimum Gasteiger partial charge on any atom is -0.497 e. The number of hydrogen-bond acceptors (Lipinski definition) is 1. The summed E-state index contributed by atoms with van der Waals surface area (Å²) in [6.07, 6.45) is 0. The van der Waals surface area contributed by atoms with Crippen LogP contribution < -0.4 is 4.74 Å². The Kier molecular flexibility index (Phi) is 3.54. The molecule has 0 spiro atoms. The van der Waals surface area contributed by atoms with Gasteiger partial charge in [-0.15, -0.1) is 0 Å². The van der Waals surface area contributed by atoms with Crippen LogP contribution in [-0.2, 0) is 0 Å². The topological polar surface area (TPSA) is 25.0 Å². The standard InChI is InChI=1S/C21H16FNO/c1-24-17-11-12-19-18(13-17)20(14-5-3-2-4-6-14)21(23-19)15-7-9-16(22)10-8-15/h2-13,23H,1H3. The lowest BCUT2D eigenvalue weighted by atomic mass is 9.98. The molecule has 0 atom stereocenters. The molecular weight excluding hydrogens is 301 g/mol. The molecule has 0 bridgehead atoms. The molecule has 0 fully saturated rings. The van der Waals surface area contributed by atoms with Gasteiger partial charge in [0.1, 0.15) is 11.6 Å². The van der Waals surface area contributed by atoms with Gasteiger partial charge in [-0.05, 0) is 53.6 Å². The fourth-order valence-electron chi connectivity index (χ4n) is 3.04. The quantitative estimate of drug-likeness (QED) is 0.519. The fourth-order valence-corrected chi connectivity index (χ4v) is 3.04. The van der Waals surface area contributed by atoms with E-state index in [9.17, 15) is 4.39 Å². The van der Waals surface area contributed by atoms with Gasteiger partial charge in [0, 0.05) is 16.5 Å². The molecule has 3 heteroatoms. The molecule has 0 amide bonds. The molecule has 3 aromatic carbocycles. The smallest absolute Gasteiger partial charge is 0.123 e. The van der Waals surface area contributed by atoms with Crippen molar-refractivity contribution in [1.82, 2.24) is 4.98 Å². The van der Waals surface area contributed by atoms with Crippen molar-refractivity contribution in [1.29, 1.82) is 0 Å². The Bertz CT molecular complexity index is 988. The summed E-state index contributed by atoms with van der Waals surface area (Å²) in [5.74, 6) is 0.571. The minimum atomic E-state index is -0.238. The predicted molar refractivity (Wildman–Crippen MR) is 95.7 cm³/mol. The van der Waals surface area contributed by atoms with Crippen molar-refractivity contribution in [2.24, 2.45) is 0 Å². The molecule has 1 N–H and O–H groups in total. The summed E-state index contributed by atoms with van der Waals surface area (Å²) in [7, 11) is 1.66. The summed E-state index contributed by atoms with van der Waals surface area (Å²) in [6, 6.07) is 22.7. The zero-order valence-corrected chi connectivity index (χ0v) is 13.2. The maximum atomic E-state index is 13.3. The third-order valence-electron chi connectivity index (χ3n) is 4.20. The van der Waals surface area contributed by atoms with Crippen LogP contribution in [0.3, 0.4) is 0 Å². The zero-order valence-electron chi connectivity index (χ0n) is 13.2. The predicted octanol–water partition coefficient (Wildman–Crippen LogP) is 5.65. The molecule has 0 saturated heterocycles. The van der Waals surface area contributed by atoms with Gasteiger partial charge in [0.15, 0.2) is 0 Å². The molecule has 0 unspecified atom stereocenters. The molecule has 1 heterocycles. The second-order valence-corrected chi connectivity index (χ2v) is 5.66. The van der Waals surface area contributed by atoms with Crippen molar-refractivity contribution in [3.63, 3.8) is 0 Å². The molecule has 24 heavy (non-hydrogen) atoms. The maximum Gasteiger partial charge on any atom is 0.123 e. The lowest BCUT2D eigenvalue weighted by molar-refractivity contribution is 0.415. The lowest BCUT2D eigenvalue weighted by Gasteiger charge is -2.06. The third-order valence-corrected chi connectivity index (χ3v) is 4.20. The van der Waals surface area contributed by atoms with Crippen LogP contribution in [0.2, 0.25) is 0 Å². The van der Waals surface area contributed by atoms with Crippen molar-refractivity contribution in [2.75, 3.05) is 7.11 Å². The number of methoxy groups -OCH3 is 1. The Morgan fingerprint density at radius 3 is 2.29 bits per heavy atom. The molecule has 0 saturated carbocycles. The normalized spacial score (nSPS) is 10.9. The summed E-state index contributed by atoms with van der Waals surface area (Å²) in [6.45, 7) is 0. The third kappa shape index (κ3) is 2.44. The van der Waals surface area contributed by atoms with Crippen LogP contribution in [0, 0.1) is 5.82 Å². The first-order valence-electron chi connectivity index (χ1n) is 7.77. The second-order valence-electron chi connectivity index (χ2n) is 5.66. The van der Waals surface area contributed by atoms with Gasteiger partial charge in [0.25, 0.3) is 0 Å². The average molecular weight is 317 g/mol. The first-order valence-corrected chi connectivity index (χ1v) is 7.77. The van der Waals surface area contributed by atoms with Crippen LogP contribution in [0.4, 0.5) is 4.39 Å². The Morgan fingerprint density at radius 2 is 1.58 bits per heavy atom. The van der Waals surface area contributed by atoms with E-state index in [0.717, 1.165) is 39.0 Å². The average Bonchev–Trinajstić information content (AvgIpc) is 3.01. The lowest BCUT2D eigenvalue weighted by Crippen LogP contribution is -1.84. The first kappa shape index (κ1) is 14.5. The van der Waals surface area contributed by atoms with E-state index in [1.54, 1.807) is 19.2 Å². The summed E-state index contributed by atoms with van der Waals surface area (Å²) in [5.41, 5.74) is 5.15. The molecule has 2 nitrogen and oxygen atoms in total. The highest BCUT2D eigenvalue weighted by Crippen LogP contribution is 2.39. The van der Waals surface area contributed by atoms with E-state index in [0.29, 0.717) is 0 Å². The molecule has 4 aromatic rings. The van der Waals surface area contributed by atoms with Crippen LogP contribution in [0.15, 0.2) is 72.8 Å². The maximum absolute atomic E-state index is 13.3. The van der Waals surface area contributed by atoms with Crippen LogP contribution in [0.25, 0.3) is 33.3 Å². The molecular formula is C21H16FNO. The van der Waals surface area contributed by atoms with Gasteiger partial charge in [0.05, 0.1) is 12.8 Å². The van der Waals surface area contributed by atoms with Crippen molar-refractivity contribution in [3.8, 4) is 28.1 Å². The van der Waals surface area contributed by atoms with Crippen molar-refractivity contribution < 1.29 is 9.13 Å². The van der Waals surface area contributed by atoms with Crippen molar-refractivity contribution in [2.45, 2.75) is 0 Å². The number of ether oxygens (including phenoxy) is 1. The van der Waals surface area contributed by atoms with Crippen LogP contribution in [0.5, 0.6) is 5.75 Å². The highest BCUT2D eigenvalue weighted by Gasteiger charge is 2.15. The molecule has 0 aliphatic carbocycles. The minimum absolute atomic E-state index is 0.238. The fraction of sp³-hybridized carbons (Fsp3) is 0.0476. The van der Waals surface area contributed by atoms with Gasteiger partial charge < -0.3 is 9.72 Å². The summed E-state index contributed by atoms with van der Waals surface area (Å²) < 4.78 is 18.7. The Balaban J connectivity index is 2.03. The molecule has 0 radical (unpaired) electrons. The van der Waals surface area contributed by atoms with Gasteiger partial charge in [-0.1, -0.05) is 30.3 Å². The largest absolute Gasteiger partial charge is 0.497 e. The first-order chi connectivity index (χ1) is 11.8. The molecule has 0 aliphatic heterocycles. The Morgan fingerprint density at radius 1 is 0.833 bits per heavy atom. The van der Waals surface area contributed by atoms with Crippen molar-refractivity contribution >= 4 is 10.9 Å². The number of benzene rings is 3. The number of aromatic nitrogens is 1. The number of nitrogens with one attached hydrogen (secondary N) is 1. The second kappa shape index (κ2) is 5.85. The number of hydrogen-bond donors (Lipinski definition) is 1. The Hall–Kier alpha value is -3.07. The van der Waals surface area contributed by atoms with Crippen LogP contribution in [0.1, 0.15) is 0 Å². The summed E-state index contributed by atoms with van der Waals surface area (Å²) >= 11 is 0. The van der Waals surface area contributed by atoms with E-state index in [2.05, 4.69) is 17.1 Å². The molecule has 0 aliphatic rings. The highest BCUT2D eigenvalue weighted by atomic mass is 19.1. The van der Waals surface area contributed by atoms with E-state index in [1.807, 2.05) is 36.4 Å². The van der Waals surface area contributed by atoms with E-state index >= 15 is 0 Å². The van der Waals surface area contributed by atoms with Gasteiger partial charge >= 0.3 is 0 Å². The van der Waals surface area contributed by atoms with Gasteiger partial charge in [-0.3, -0.25) is 0 Å². The van der Waals surface area contributed by atoms with E-state index in [4.69, 9.17) is 4.74 Å². The summed E-state index contributed by atoms with van der Waals surface area (Å²) in [5, 5.41) is 1.08. The Labute approximate surface area is 139 Å². The van der Waals surface area contributed by atoms with Crippen LogP contribution >= 0.6 is 0 Å². The van der Waals surface area contributed by atoms with Crippen molar-refractivity contribution in [3.05, 3.63) is 78.6 Å². The molecule has 4 rings (SSSR count). The highest BCUT2D eigenvalue weighted by molar-refractivity contribution is 6.04. The molecule has 118 valence electrons. The van der Waals surface area contributed by atoms with Gasteiger partial charge in [-0.25, -0.2) is 4.39 Å². The van der Waals surface area contributed by atoms with E-state index < -0.39 is 0 Å². The van der Waals surface area contributed by atoms with E-state index in [-0.39, 0.29) is 5.82 Å².